The van der Waals surface area contributed by atoms with Crippen molar-refractivity contribution in [1.82, 2.24) is 0 Å². The van der Waals surface area contributed by atoms with Crippen molar-refractivity contribution in [2.24, 2.45) is 5.73 Å². The molecule has 2 unspecified atom stereocenters. The van der Waals surface area contributed by atoms with Crippen LogP contribution in [0.3, 0.4) is 0 Å². The molecule has 3 nitrogen and oxygen atoms in total. The number of aliphatic hydroxyl groups excluding tert-OH is 2. The third kappa shape index (κ3) is 2.04. The van der Waals surface area contributed by atoms with Crippen LogP contribution in [-0.4, -0.2) is 22.9 Å². The molecule has 0 aromatic heterocycles. The zero-order valence-electron chi connectivity index (χ0n) is 6.72. The maximum Gasteiger partial charge on any atom is 0.0963 e. The van der Waals surface area contributed by atoms with E-state index in [9.17, 15) is 5.11 Å². The van der Waals surface area contributed by atoms with Crippen molar-refractivity contribution < 1.29 is 10.2 Å². The lowest BCUT2D eigenvalue weighted by atomic mass is 10.0. The van der Waals surface area contributed by atoms with Crippen LogP contribution in [0.15, 0.2) is 30.3 Å². The molecule has 0 aliphatic carbocycles. The summed E-state index contributed by atoms with van der Waals surface area (Å²) >= 11 is 0. The third-order valence-electron chi connectivity index (χ3n) is 1.76. The molecule has 1 aromatic carbocycles. The van der Waals surface area contributed by atoms with Crippen LogP contribution in [0.2, 0.25) is 0 Å². The molecular weight excluding hydrogens is 154 g/mol. The van der Waals surface area contributed by atoms with E-state index in [1.165, 1.54) is 0 Å². The molecule has 0 spiro atoms. The zero-order chi connectivity index (χ0) is 8.97. The van der Waals surface area contributed by atoms with Crippen LogP contribution in [0.1, 0.15) is 11.7 Å². The van der Waals surface area contributed by atoms with E-state index in [0.29, 0.717) is 0 Å². The molecule has 0 heterocycles. The van der Waals surface area contributed by atoms with Crippen LogP contribution in [0.5, 0.6) is 0 Å². The van der Waals surface area contributed by atoms with Crippen molar-refractivity contribution in [2.75, 3.05) is 6.61 Å². The lowest BCUT2D eigenvalue weighted by molar-refractivity contribution is 0.109. The van der Waals surface area contributed by atoms with Gasteiger partial charge in [0.15, 0.2) is 0 Å². The molecule has 0 saturated heterocycles. The standard InChI is InChI=1S/C9H13NO2/c10-8(6-11)9(12)7-4-2-1-3-5-7/h1-5,8-9,11-12H,6,10H2. The van der Waals surface area contributed by atoms with Gasteiger partial charge in [0.1, 0.15) is 0 Å². The van der Waals surface area contributed by atoms with Crippen LogP contribution in [-0.2, 0) is 0 Å². The number of hydrogen-bond donors (Lipinski definition) is 3. The van der Waals surface area contributed by atoms with Crippen LogP contribution < -0.4 is 5.73 Å². The molecule has 0 aliphatic heterocycles. The molecule has 1 aromatic rings. The van der Waals surface area contributed by atoms with E-state index in [4.69, 9.17) is 10.8 Å². The van der Waals surface area contributed by atoms with Gasteiger partial charge in [-0.05, 0) is 5.56 Å². The maximum absolute atomic E-state index is 9.50. The average Bonchev–Trinajstić information content (AvgIpc) is 2.17. The Kier molecular flexibility index (Phi) is 3.22. The monoisotopic (exact) mass is 167 g/mol. The van der Waals surface area contributed by atoms with Gasteiger partial charge in [-0.2, -0.15) is 0 Å². The van der Waals surface area contributed by atoms with Crippen molar-refractivity contribution in [3.05, 3.63) is 35.9 Å². The Morgan fingerprint density at radius 3 is 2.33 bits per heavy atom. The van der Waals surface area contributed by atoms with Crippen LogP contribution in [0.25, 0.3) is 0 Å². The molecule has 1 rings (SSSR count). The summed E-state index contributed by atoms with van der Waals surface area (Å²) in [5.41, 5.74) is 6.18. The predicted octanol–water partition coefficient (Wildman–Crippen LogP) is 0.0396. The fourth-order valence-corrected chi connectivity index (χ4v) is 0.997. The first-order chi connectivity index (χ1) is 5.75. The quantitative estimate of drug-likeness (QED) is 0.595. The highest BCUT2D eigenvalue weighted by atomic mass is 16.3. The highest BCUT2D eigenvalue weighted by Crippen LogP contribution is 2.14. The minimum absolute atomic E-state index is 0.212. The summed E-state index contributed by atoms with van der Waals surface area (Å²) in [5.74, 6) is 0. The van der Waals surface area contributed by atoms with E-state index in [1.807, 2.05) is 18.2 Å². The second kappa shape index (κ2) is 4.21. The Hall–Kier alpha value is -0.900. The lowest BCUT2D eigenvalue weighted by Gasteiger charge is -2.16. The summed E-state index contributed by atoms with van der Waals surface area (Å²) < 4.78 is 0. The van der Waals surface area contributed by atoms with E-state index in [-0.39, 0.29) is 6.61 Å². The SMILES string of the molecule is NC(CO)C(O)c1ccccc1. The van der Waals surface area contributed by atoms with Crippen LogP contribution >= 0.6 is 0 Å². The van der Waals surface area contributed by atoms with E-state index in [1.54, 1.807) is 12.1 Å². The topological polar surface area (TPSA) is 66.5 Å². The molecule has 0 aliphatic rings. The average molecular weight is 167 g/mol. The van der Waals surface area contributed by atoms with Gasteiger partial charge in [0.05, 0.1) is 18.8 Å². The Bertz CT molecular complexity index is 225. The van der Waals surface area contributed by atoms with Crippen LogP contribution in [0.4, 0.5) is 0 Å². The summed E-state index contributed by atoms with van der Waals surface area (Å²) in [4.78, 5) is 0. The van der Waals surface area contributed by atoms with Crippen molar-refractivity contribution in [1.29, 1.82) is 0 Å². The normalized spacial score (nSPS) is 15.6. The fraction of sp³-hybridized carbons (Fsp3) is 0.333. The largest absolute Gasteiger partial charge is 0.395 e. The predicted molar refractivity (Wildman–Crippen MR) is 46.5 cm³/mol. The number of nitrogens with two attached hydrogens (primary N) is 1. The van der Waals surface area contributed by atoms with Crippen molar-refractivity contribution in [3.8, 4) is 0 Å². The molecule has 3 heteroatoms. The Balaban J connectivity index is 2.71. The zero-order valence-corrected chi connectivity index (χ0v) is 6.72. The van der Waals surface area contributed by atoms with Crippen molar-refractivity contribution in [2.45, 2.75) is 12.1 Å². The molecule has 0 bridgehead atoms. The Labute approximate surface area is 71.5 Å². The Morgan fingerprint density at radius 2 is 1.83 bits per heavy atom. The third-order valence-corrected chi connectivity index (χ3v) is 1.76. The number of hydrogen-bond acceptors (Lipinski definition) is 3. The van der Waals surface area contributed by atoms with Crippen molar-refractivity contribution in [3.63, 3.8) is 0 Å². The molecule has 12 heavy (non-hydrogen) atoms. The molecule has 4 N–H and O–H groups in total. The van der Waals surface area contributed by atoms with Gasteiger partial charge in [-0.1, -0.05) is 30.3 Å². The van der Waals surface area contributed by atoms with Crippen LogP contribution in [0, 0.1) is 0 Å². The van der Waals surface area contributed by atoms with E-state index in [0.717, 1.165) is 5.56 Å². The van der Waals surface area contributed by atoms with Gasteiger partial charge in [0.25, 0.3) is 0 Å². The number of rotatable bonds is 3. The van der Waals surface area contributed by atoms with Gasteiger partial charge >= 0.3 is 0 Å². The van der Waals surface area contributed by atoms with Gasteiger partial charge in [-0.15, -0.1) is 0 Å². The second-order valence-electron chi connectivity index (χ2n) is 2.70. The molecule has 66 valence electrons. The highest BCUT2D eigenvalue weighted by molar-refractivity contribution is 5.18. The minimum atomic E-state index is -0.781. The minimum Gasteiger partial charge on any atom is -0.395 e. The van der Waals surface area contributed by atoms with Gasteiger partial charge in [-0.3, -0.25) is 0 Å². The summed E-state index contributed by atoms with van der Waals surface area (Å²) in [6.45, 7) is -0.212. The highest BCUT2D eigenvalue weighted by Gasteiger charge is 2.14. The second-order valence-corrected chi connectivity index (χ2v) is 2.70. The Morgan fingerprint density at radius 1 is 1.25 bits per heavy atom. The van der Waals surface area contributed by atoms with E-state index in [2.05, 4.69) is 0 Å². The van der Waals surface area contributed by atoms with Gasteiger partial charge in [0.2, 0.25) is 0 Å². The molecule has 0 saturated carbocycles. The van der Waals surface area contributed by atoms with Gasteiger partial charge in [-0.25, -0.2) is 0 Å². The smallest absolute Gasteiger partial charge is 0.0963 e. The summed E-state index contributed by atoms with van der Waals surface area (Å²) in [6, 6.07) is 8.46. The van der Waals surface area contributed by atoms with Crippen molar-refractivity contribution >= 4 is 0 Å². The van der Waals surface area contributed by atoms with E-state index >= 15 is 0 Å². The summed E-state index contributed by atoms with van der Waals surface area (Å²) in [6.07, 6.45) is -0.781. The molecule has 2 atom stereocenters. The number of aliphatic hydroxyl groups is 2. The van der Waals surface area contributed by atoms with Gasteiger partial charge < -0.3 is 15.9 Å². The first kappa shape index (κ1) is 9.19. The summed E-state index contributed by atoms with van der Waals surface area (Å²) in [5, 5.41) is 18.2. The maximum atomic E-state index is 9.50. The molecule has 0 amide bonds. The van der Waals surface area contributed by atoms with Gasteiger partial charge in [0, 0.05) is 0 Å². The van der Waals surface area contributed by atoms with E-state index < -0.39 is 12.1 Å². The first-order valence-corrected chi connectivity index (χ1v) is 3.85. The first-order valence-electron chi connectivity index (χ1n) is 3.85. The molecule has 0 radical (unpaired) electrons. The summed E-state index contributed by atoms with van der Waals surface area (Å²) in [7, 11) is 0. The molecule has 0 fully saturated rings. The lowest BCUT2D eigenvalue weighted by Crippen LogP contribution is -2.31. The fourth-order valence-electron chi connectivity index (χ4n) is 0.997. The number of benzene rings is 1. The molecular formula is C9H13NO2.